The summed E-state index contributed by atoms with van der Waals surface area (Å²) in [6.45, 7) is 5.86. The largest absolute Gasteiger partial charge is 0.352 e. The van der Waals surface area contributed by atoms with E-state index in [1.807, 2.05) is 13.8 Å². The molecule has 0 bridgehead atoms. The molecule has 1 aliphatic carbocycles. The van der Waals surface area contributed by atoms with E-state index in [1.54, 1.807) is 0 Å². The zero-order chi connectivity index (χ0) is 8.65. The fourth-order valence-electron chi connectivity index (χ4n) is 0.863. The van der Waals surface area contributed by atoms with Crippen LogP contribution in [-0.2, 0) is 4.79 Å². The molecule has 1 fully saturated rings. The molecule has 2 atom stereocenters. The van der Waals surface area contributed by atoms with Crippen molar-refractivity contribution in [3.63, 3.8) is 0 Å². The van der Waals surface area contributed by atoms with E-state index in [1.165, 1.54) is 0 Å². The second kappa shape index (κ2) is 2.77. The van der Waals surface area contributed by atoms with Gasteiger partial charge in [-0.05, 0) is 26.2 Å². The van der Waals surface area contributed by atoms with Crippen molar-refractivity contribution < 1.29 is 4.79 Å². The minimum Gasteiger partial charge on any atom is -0.352 e. The van der Waals surface area contributed by atoms with Gasteiger partial charge in [-0.2, -0.15) is 0 Å². The van der Waals surface area contributed by atoms with E-state index in [2.05, 4.69) is 28.2 Å². The van der Waals surface area contributed by atoms with Crippen LogP contribution in [0.3, 0.4) is 0 Å². The summed E-state index contributed by atoms with van der Waals surface area (Å²) in [6.07, 6.45) is 1.13. The molecule has 1 aliphatic rings. The van der Waals surface area contributed by atoms with Crippen LogP contribution in [0.25, 0.3) is 0 Å². The maximum atomic E-state index is 11.3. The lowest BCUT2D eigenvalue weighted by atomic mass is 10.2. The highest BCUT2D eigenvalue weighted by atomic mass is 79.9. The lowest BCUT2D eigenvalue weighted by molar-refractivity contribution is -0.122. The zero-order valence-electron chi connectivity index (χ0n) is 7.15. The maximum Gasteiger partial charge on any atom is 0.236 e. The van der Waals surface area contributed by atoms with E-state index in [-0.39, 0.29) is 5.91 Å². The van der Waals surface area contributed by atoms with E-state index in [4.69, 9.17) is 0 Å². The fourth-order valence-corrected chi connectivity index (χ4v) is 0.978. The van der Waals surface area contributed by atoms with Gasteiger partial charge in [0.25, 0.3) is 0 Å². The van der Waals surface area contributed by atoms with Gasteiger partial charge >= 0.3 is 0 Å². The standard InChI is InChI=1S/C8H14BrNO/c1-5-4-6(5)10-7(11)8(2,3)9/h5-6H,4H2,1-3H3,(H,10,11). The third-order valence-corrected chi connectivity index (χ3v) is 2.33. The van der Waals surface area contributed by atoms with Crippen molar-refractivity contribution in [1.82, 2.24) is 5.32 Å². The highest BCUT2D eigenvalue weighted by Gasteiger charge is 2.36. The van der Waals surface area contributed by atoms with Gasteiger partial charge in [-0.25, -0.2) is 0 Å². The first-order chi connectivity index (χ1) is 4.91. The van der Waals surface area contributed by atoms with Gasteiger partial charge < -0.3 is 5.32 Å². The van der Waals surface area contributed by atoms with Gasteiger partial charge in [-0.3, -0.25) is 4.79 Å². The molecule has 2 nitrogen and oxygen atoms in total. The van der Waals surface area contributed by atoms with Crippen LogP contribution in [-0.4, -0.2) is 16.3 Å². The predicted octanol–water partition coefficient (Wildman–Crippen LogP) is 1.68. The van der Waals surface area contributed by atoms with Crippen LogP contribution in [0.1, 0.15) is 27.2 Å². The monoisotopic (exact) mass is 219 g/mol. The summed E-state index contributed by atoms with van der Waals surface area (Å²) in [5.41, 5.74) is 0. The van der Waals surface area contributed by atoms with Gasteiger partial charge in [0.15, 0.2) is 0 Å². The van der Waals surface area contributed by atoms with Gasteiger partial charge in [0.05, 0.1) is 4.32 Å². The molecule has 0 aromatic rings. The Morgan fingerprint density at radius 2 is 2.09 bits per heavy atom. The quantitative estimate of drug-likeness (QED) is 0.705. The van der Waals surface area contributed by atoms with Gasteiger partial charge in [0.2, 0.25) is 5.91 Å². The Bertz CT molecular complexity index is 173. The van der Waals surface area contributed by atoms with Crippen molar-refractivity contribution in [3.8, 4) is 0 Å². The van der Waals surface area contributed by atoms with Crippen LogP contribution in [0.5, 0.6) is 0 Å². The summed E-state index contributed by atoms with van der Waals surface area (Å²) in [4.78, 5) is 11.3. The Morgan fingerprint density at radius 1 is 1.64 bits per heavy atom. The van der Waals surface area contributed by atoms with E-state index < -0.39 is 4.32 Å². The fraction of sp³-hybridized carbons (Fsp3) is 0.875. The van der Waals surface area contributed by atoms with E-state index in [9.17, 15) is 4.79 Å². The number of carbonyl (C=O) groups excluding carboxylic acids is 1. The SMILES string of the molecule is CC1CC1NC(=O)C(C)(C)Br. The minimum atomic E-state index is -0.421. The predicted molar refractivity (Wildman–Crippen MR) is 48.7 cm³/mol. The Labute approximate surface area is 75.9 Å². The van der Waals surface area contributed by atoms with Crippen molar-refractivity contribution in [2.24, 2.45) is 5.92 Å². The molecular weight excluding hydrogens is 206 g/mol. The number of alkyl halides is 1. The van der Waals surface area contributed by atoms with E-state index in [0.717, 1.165) is 6.42 Å². The molecule has 1 rings (SSSR count). The van der Waals surface area contributed by atoms with E-state index in [0.29, 0.717) is 12.0 Å². The van der Waals surface area contributed by atoms with Crippen molar-refractivity contribution in [1.29, 1.82) is 0 Å². The smallest absolute Gasteiger partial charge is 0.236 e. The maximum absolute atomic E-state index is 11.3. The second-order valence-corrected chi connectivity index (χ2v) is 5.75. The minimum absolute atomic E-state index is 0.0897. The zero-order valence-corrected chi connectivity index (χ0v) is 8.73. The summed E-state index contributed by atoms with van der Waals surface area (Å²) < 4.78 is -0.421. The first-order valence-electron chi connectivity index (χ1n) is 3.91. The summed E-state index contributed by atoms with van der Waals surface area (Å²) in [6, 6.07) is 0.430. The molecule has 1 N–H and O–H groups in total. The van der Waals surface area contributed by atoms with Crippen LogP contribution in [0.15, 0.2) is 0 Å². The topological polar surface area (TPSA) is 29.1 Å². The highest BCUT2D eigenvalue weighted by Crippen LogP contribution is 2.30. The Kier molecular flexibility index (Phi) is 2.28. The molecule has 11 heavy (non-hydrogen) atoms. The first-order valence-corrected chi connectivity index (χ1v) is 4.70. The Balaban J connectivity index is 2.33. The molecule has 64 valence electrons. The molecule has 0 spiro atoms. The van der Waals surface area contributed by atoms with Crippen LogP contribution < -0.4 is 5.32 Å². The summed E-state index contributed by atoms with van der Waals surface area (Å²) >= 11 is 3.31. The van der Waals surface area contributed by atoms with Crippen LogP contribution in [0, 0.1) is 5.92 Å². The number of rotatable bonds is 2. The van der Waals surface area contributed by atoms with Crippen LogP contribution in [0.2, 0.25) is 0 Å². The van der Waals surface area contributed by atoms with Crippen molar-refractivity contribution in [3.05, 3.63) is 0 Å². The lowest BCUT2D eigenvalue weighted by Gasteiger charge is -2.15. The van der Waals surface area contributed by atoms with Gasteiger partial charge in [0.1, 0.15) is 0 Å². The summed E-state index contributed by atoms with van der Waals surface area (Å²) in [5.74, 6) is 0.764. The molecule has 0 aromatic heterocycles. The molecule has 0 saturated heterocycles. The molecule has 1 amide bonds. The molecule has 0 aliphatic heterocycles. The molecular formula is C8H14BrNO. The average molecular weight is 220 g/mol. The van der Waals surface area contributed by atoms with E-state index >= 15 is 0 Å². The summed E-state index contributed by atoms with van der Waals surface area (Å²) in [5, 5.41) is 2.96. The number of nitrogens with one attached hydrogen (secondary N) is 1. The Morgan fingerprint density at radius 3 is 2.36 bits per heavy atom. The molecule has 0 aromatic carbocycles. The average Bonchev–Trinajstić information content (AvgIpc) is 2.44. The molecule has 0 heterocycles. The summed E-state index contributed by atoms with van der Waals surface area (Å²) in [7, 11) is 0. The molecule has 1 saturated carbocycles. The molecule has 2 unspecified atom stereocenters. The second-order valence-electron chi connectivity index (χ2n) is 3.77. The first kappa shape index (κ1) is 9.04. The van der Waals surface area contributed by atoms with Crippen LogP contribution in [0.4, 0.5) is 0 Å². The normalized spacial score (nSPS) is 29.8. The number of carbonyl (C=O) groups is 1. The van der Waals surface area contributed by atoms with Gasteiger partial charge in [0, 0.05) is 6.04 Å². The number of amides is 1. The van der Waals surface area contributed by atoms with Crippen molar-refractivity contribution >= 4 is 21.8 Å². The lowest BCUT2D eigenvalue weighted by Crippen LogP contribution is -2.39. The van der Waals surface area contributed by atoms with Crippen LogP contribution >= 0.6 is 15.9 Å². The van der Waals surface area contributed by atoms with Crippen molar-refractivity contribution in [2.45, 2.75) is 37.6 Å². The number of hydrogen-bond acceptors (Lipinski definition) is 1. The third-order valence-electron chi connectivity index (χ3n) is 1.97. The highest BCUT2D eigenvalue weighted by molar-refractivity contribution is 9.10. The Hall–Kier alpha value is -0.0500. The van der Waals surface area contributed by atoms with Gasteiger partial charge in [-0.1, -0.05) is 22.9 Å². The number of halogens is 1. The van der Waals surface area contributed by atoms with Crippen molar-refractivity contribution in [2.75, 3.05) is 0 Å². The molecule has 3 heteroatoms. The van der Waals surface area contributed by atoms with Gasteiger partial charge in [-0.15, -0.1) is 0 Å². The third kappa shape index (κ3) is 2.47. The molecule has 0 radical (unpaired) electrons. The number of hydrogen-bond donors (Lipinski definition) is 1.